The smallest absolute Gasteiger partial charge is 0.348 e. The first kappa shape index (κ1) is 17.7. The van der Waals surface area contributed by atoms with E-state index in [0.717, 1.165) is 5.56 Å². The molecule has 0 atom stereocenters. The third kappa shape index (κ3) is 3.62. The molecule has 3 aromatic rings. The van der Waals surface area contributed by atoms with Crippen molar-refractivity contribution < 1.29 is 9.53 Å². The molecule has 0 aliphatic heterocycles. The van der Waals surface area contributed by atoms with E-state index in [1.54, 1.807) is 25.6 Å². The summed E-state index contributed by atoms with van der Waals surface area (Å²) >= 11 is 2.89. The summed E-state index contributed by atoms with van der Waals surface area (Å²) < 4.78 is 5.06. The Hall–Kier alpha value is -2.12. The van der Waals surface area contributed by atoms with Gasteiger partial charge in [0.15, 0.2) is 0 Å². The molecular formula is C18H18N2O3S2. The van der Waals surface area contributed by atoms with E-state index < -0.39 is 5.97 Å². The number of hydrogen-bond donors (Lipinski definition) is 1. The summed E-state index contributed by atoms with van der Waals surface area (Å²) in [7, 11) is 0. The fourth-order valence-electron chi connectivity index (χ4n) is 2.60. The molecule has 0 unspecified atom stereocenters. The number of aryl methyl sites for hydroxylation is 1. The Labute approximate surface area is 153 Å². The number of esters is 1. The molecule has 0 amide bonds. The molecule has 2 aromatic heterocycles. The van der Waals surface area contributed by atoms with E-state index in [9.17, 15) is 9.59 Å². The van der Waals surface area contributed by atoms with Crippen LogP contribution < -0.4 is 5.56 Å². The van der Waals surface area contributed by atoms with Gasteiger partial charge in [0.1, 0.15) is 15.5 Å². The fourth-order valence-corrected chi connectivity index (χ4v) is 4.10. The molecule has 0 saturated heterocycles. The number of thiophene rings is 1. The zero-order valence-corrected chi connectivity index (χ0v) is 15.8. The first-order valence-electron chi connectivity index (χ1n) is 7.85. The number of fused-ring (bicyclic) bond motifs is 1. The average Bonchev–Trinajstić information content (AvgIpc) is 2.93. The summed E-state index contributed by atoms with van der Waals surface area (Å²) in [5.41, 5.74) is 1.48. The van der Waals surface area contributed by atoms with E-state index in [0.29, 0.717) is 39.5 Å². The highest BCUT2D eigenvalue weighted by atomic mass is 32.2. The van der Waals surface area contributed by atoms with Crippen molar-refractivity contribution in [2.24, 2.45) is 0 Å². The minimum atomic E-state index is -0.406. The van der Waals surface area contributed by atoms with Crippen molar-refractivity contribution in [2.75, 3.05) is 12.9 Å². The van der Waals surface area contributed by atoms with Crippen LogP contribution in [0.2, 0.25) is 0 Å². The van der Waals surface area contributed by atoms with Crippen molar-refractivity contribution in [3.8, 4) is 0 Å². The normalized spacial score (nSPS) is 11.0. The Morgan fingerprint density at radius 1 is 1.32 bits per heavy atom. The van der Waals surface area contributed by atoms with Gasteiger partial charge in [-0.1, -0.05) is 12.1 Å². The molecule has 25 heavy (non-hydrogen) atoms. The highest BCUT2D eigenvalue weighted by Crippen LogP contribution is 2.28. The van der Waals surface area contributed by atoms with E-state index in [-0.39, 0.29) is 5.56 Å². The Bertz CT molecular complexity index is 974. The SMILES string of the molecule is CCOC(=O)c1sc2nc(Cc3ccc(SC)cc3)[nH]c(=O)c2c1C. The molecule has 0 saturated carbocycles. The number of carbonyl (C=O) groups excluding carboxylic acids is 1. The number of nitrogens with one attached hydrogen (secondary N) is 1. The first-order valence-corrected chi connectivity index (χ1v) is 9.90. The molecule has 1 N–H and O–H groups in total. The van der Waals surface area contributed by atoms with Crippen LogP contribution in [0.4, 0.5) is 0 Å². The minimum absolute atomic E-state index is 0.218. The molecular weight excluding hydrogens is 356 g/mol. The quantitative estimate of drug-likeness (QED) is 0.543. The standard InChI is InChI=1S/C18H18N2O3S2/c1-4-23-18(22)15-10(2)14-16(21)19-13(20-17(14)25-15)9-11-5-7-12(24-3)8-6-11/h5-8H,4,9H2,1-3H3,(H,19,20,21). The van der Waals surface area contributed by atoms with Gasteiger partial charge in [0.05, 0.1) is 12.0 Å². The van der Waals surface area contributed by atoms with Gasteiger partial charge >= 0.3 is 5.97 Å². The van der Waals surface area contributed by atoms with Crippen molar-refractivity contribution in [2.45, 2.75) is 25.2 Å². The molecule has 3 rings (SSSR count). The molecule has 7 heteroatoms. The average molecular weight is 374 g/mol. The summed E-state index contributed by atoms with van der Waals surface area (Å²) in [6.45, 7) is 3.81. The van der Waals surface area contributed by atoms with Crippen LogP contribution in [0.3, 0.4) is 0 Å². The largest absolute Gasteiger partial charge is 0.462 e. The number of hydrogen-bond acceptors (Lipinski definition) is 6. The number of aromatic nitrogens is 2. The number of ether oxygens (including phenoxy) is 1. The Morgan fingerprint density at radius 3 is 2.68 bits per heavy atom. The van der Waals surface area contributed by atoms with Gasteiger partial charge in [-0.3, -0.25) is 4.79 Å². The molecule has 0 fully saturated rings. The molecule has 0 bridgehead atoms. The third-order valence-electron chi connectivity index (χ3n) is 3.84. The number of H-pyrrole nitrogens is 1. The van der Waals surface area contributed by atoms with Gasteiger partial charge in [-0.2, -0.15) is 0 Å². The second kappa shape index (κ2) is 7.41. The van der Waals surface area contributed by atoms with Gasteiger partial charge in [-0.05, 0) is 43.4 Å². The second-order valence-corrected chi connectivity index (χ2v) is 7.37. The lowest BCUT2D eigenvalue weighted by molar-refractivity contribution is 0.0531. The minimum Gasteiger partial charge on any atom is -0.462 e. The number of rotatable bonds is 5. The number of aromatic amines is 1. The molecule has 130 valence electrons. The number of thioether (sulfide) groups is 1. The zero-order valence-electron chi connectivity index (χ0n) is 14.2. The number of nitrogens with zero attached hydrogens (tertiary/aromatic N) is 1. The maximum absolute atomic E-state index is 12.5. The molecule has 0 aliphatic carbocycles. The van der Waals surface area contributed by atoms with E-state index in [1.807, 2.05) is 30.5 Å². The van der Waals surface area contributed by atoms with Gasteiger partial charge in [0.2, 0.25) is 0 Å². The molecule has 0 spiro atoms. The molecule has 0 radical (unpaired) electrons. The lowest BCUT2D eigenvalue weighted by atomic mass is 10.1. The maximum Gasteiger partial charge on any atom is 0.348 e. The van der Waals surface area contributed by atoms with Crippen LogP contribution >= 0.6 is 23.1 Å². The van der Waals surface area contributed by atoms with Gasteiger partial charge in [0, 0.05) is 11.3 Å². The first-order chi connectivity index (χ1) is 12.0. The molecule has 5 nitrogen and oxygen atoms in total. The predicted molar refractivity (Wildman–Crippen MR) is 102 cm³/mol. The number of benzene rings is 1. The van der Waals surface area contributed by atoms with E-state index >= 15 is 0 Å². The molecule has 2 heterocycles. The van der Waals surface area contributed by atoms with Crippen LogP contribution in [-0.2, 0) is 11.2 Å². The van der Waals surface area contributed by atoms with Crippen LogP contribution in [0.15, 0.2) is 34.0 Å². The summed E-state index contributed by atoms with van der Waals surface area (Å²) in [6.07, 6.45) is 2.56. The predicted octanol–water partition coefficient (Wildman–Crippen LogP) is 3.78. The molecule has 1 aromatic carbocycles. The maximum atomic E-state index is 12.5. The summed E-state index contributed by atoms with van der Waals surface area (Å²) in [5, 5.41) is 0.467. The molecule has 0 aliphatic rings. The van der Waals surface area contributed by atoms with Crippen LogP contribution in [-0.4, -0.2) is 28.8 Å². The van der Waals surface area contributed by atoms with Gasteiger partial charge in [0.25, 0.3) is 5.56 Å². The Morgan fingerprint density at radius 2 is 2.04 bits per heavy atom. The second-order valence-electron chi connectivity index (χ2n) is 5.49. The third-order valence-corrected chi connectivity index (χ3v) is 5.75. The van der Waals surface area contributed by atoms with Crippen LogP contribution in [0.1, 0.15) is 33.5 Å². The lowest BCUT2D eigenvalue weighted by Crippen LogP contribution is -2.12. The summed E-state index contributed by atoms with van der Waals surface area (Å²) in [5.74, 6) is 0.183. The topological polar surface area (TPSA) is 72.0 Å². The van der Waals surface area contributed by atoms with Gasteiger partial charge in [-0.25, -0.2) is 9.78 Å². The van der Waals surface area contributed by atoms with E-state index in [4.69, 9.17) is 4.74 Å². The fraction of sp³-hybridized carbons (Fsp3) is 0.278. The number of carbonyl (C=O) groups is 1. The Balaban J connectivity index is 1.98. The van der Waals surface area contributed by atoms with E-state index in [1.165, 1.54) is 16.2 Å². The lowest BCUT2D eigenvalue weighted by Gasteiger charge is -2.03. The Kier molecular flexibility index (Phi) is 5.24. The van der Waals surface area contributed by atoms with E-state index in [2.05, 4.69) is 9.97 Å². The van der Waals surface area contributed by atoms with Crippen molar-refractivity contribution in [3.63, 3.8) is 0 Å². The van der Waals surface area contributed by atoms with Gasteiger partial charge < -0.3 is 9.72 Å². The van der Waals surface area contributed by atoms with Crippen LogP contribution in [0.25, 0.3) is 10.2 Å². The van der Waals surface area contributed by atoms with Crippen LogP contribution in [0.5, 0.6) is 0 Å². The van der Waals surface area contributed by atoms with Crippen molar-refractivity contribution in [1.82, 2.24) is 9.97 Å². The van der Waals surface area contributed by atoms with Crippen molar-refractivity contribution >= 4 is 39.3 Å². The highest BCUT2D eigenvalue weighted by molar-refractivity contribution is 7.98. The summed E-state index contributed by atoms with van der Waals surface area (Å²) in [6, 6.07) is 8.15. The monoisotopic (exact) mass is 374 g/mol. The summed E-state index contributed by atoms with van der Waals surface area (Å²) in [4.78, 5) is 34.1. The van der Waals surface area contributed by atoms with Crippen molar-refractivity contribution in [1.29, 1.82) is 0 Å². The van der Waals surface area contributed by atoms with Crippen molar-refractivity contribution in [3.05, 3.63) is 56.4 Å². The highest BCUT2D eigenvalue weighted by Gasteiger charge is 2.20. The van der Waals surface area contributed by atoms with Gasteiger partial charge in [-0.15, -0.1) is 23.1 Å². The van der Waals surface area contributed by atoms with Crippen LogP contribution in [0, 0.1) is 6.92 Å². The zero-order chi connectivity index (χ0) is 18.0.